The minimum absolute atomic E-state index is 0.0173. The van der Waals surface area contributed by atoms with Crippen molar-refractivity contribution in [2.75, 3.05) is 40.3 Å². The van der Waals surface area contributed by atoms with Gasteiger partial charge in [0.05, 0.1) is 47.6 Å². The number of allylic oxidation sites excluding steroid dienone is 4. The van der Waals surface area contributed by atoms with E-state index in [0.717, 1.165) is 25.1 Å². The van der Waals surface area contributed by atoms with Crippen LogP contribution in [0, 0.1) is 23.7 Å². The molecule has 3 saturated carbocycles. The van der Waals surface area contributed by atoms with Gasteiger partial charge >= 0.3 is 11.9 Å². The standard InChI is InChI=1S/C57H65N3O10/c1-31(2)14-13-23-55(8)24-22-37-49(68-55)36(18-17-32(3)4)51-44(50(37)67-41(62)20-19-40(61)60-28-26-59(9)27-29-60)47-45-42(43-46(58-47)34-15-11-12-16-35(34)48(43)63)38-30-39-54(6,7)70-56(52(38)64,57(39,45)69-51)25-21-33(5)53(65)66-10/h11-12,14-17,21-22,24,38-39,42-43H,13,18-20,23,25-30H2,1-10H3. The summed E-state index contributed by atoms with van der Waals surface area (Å²) in [5.41, 5.74) is 2.24. The second-order valence-electron chi connectivity index (χ2n) is 21.9. The van der Waals surface area contributed by atoms with Crippen LogP contribution in [-0.2, 0) is 35.1 Å². The number of Topliss-reactive ketones (excluding diaryl/α,β-unsaturated/α-hetero) is 2. The number of nitrogens with zero attached hydrogens (tertiary/aromatic N) is 3. The number of hydrogen-bond acceptors (Lipinski definition) is 12. The van der Waals surface area contributed by atoms with Crippen molar-refractivity contribution in [3.63, 3.8) is 0 Å². The normalized spacial score (nSPS) is 29.4. The molecule has 11 rings (SSSR count). The molecule has 7 unspecified atom stereocenters. The highest BCUT2D eigenvalue weighted by molar-refractivity contribution is 6.31. The molecule has 2 aromatic carbocycles. The highest BCUT2D eigenvalue weighted by atomic mass is 16.6. The first-order valence-electron chi connectivity index (χ1n) is 25.0. The summed E-state index contributed by atoms with van der Waals surface area (Å²) in [4.78, 5) is 81.4. The van der Waals surface area contributed by atoms with Crippen LogP contribution in [0.1, 0.15) is 127 Å². The van der Waals surface area contributed by atoms with Gasteiger partial charge in [0.1, 0.15) is 17.1 Å². The maximum absolute atomic E-state index is 15.9. The number of fused-ring (bicyclic) bond motifs is 6. The van der Waals surface area contributed by atoms with Gasteiger partial charge in [-0.05, 0) is 100 Å². The Balaban J connectivity index is 1.24. The van der Waals surface area contributed by atoms with Crippen LogP contribution in [0.15, 0.2) is 75.9 Å². The highest BCUT2D eigenvalue weighted by Gasteiger charge is 2.84. The molecule has 0 aromatic heterocycles. The molecular formula is C57H65N3O10. The number of benzene rings is 2. The molecule has 0 N–H and O–H groups in total. The van der Waals surface area contributed by atoms with Crippen molar-refractivity contribution in [2.45, 2.75) is 123 Å². The van der Waals surface area contributed by atoms with Gasteiger partial charge < -0.3 is 33.5 Å². The van der Waals surface area contributed by atoms with Gasteiger partial charge in [-0.3, -0.25) is 24.2 Å². The number of aliphatic imine (C=N–C) groups is 1. The maximum atomic E-state index is 15.9. The van der Waals surface area contributed by atoms with E-state index in [-0.39, 0.29) is 42.5 Å². The summed E-state index contributed by atoms with van der Waals surface area (Å²) in [7, 11) is 3.35. The molecule has 368 valence electrons. The van der Waals surface area contributed by atoms with Crippen LogP contribution in [0.3, 0.4) is 0 Å². The number of piperazine rings is 1. The van der Waals surface area contributed by atoms with Gasteiger partial charge in [0.15, 0.2) is 28.5 Å². The number of carbonyl (C=O) groups is 5. The van der Waals surface area contributed by atoms with E-state index >= 15 is 4.79 Å². The zero-order valence-corrected chi connectivity index (χ0v) is 42.2. The molecule has 2 aromatic rings. The Morgan fingerprint density at radius 1 is 0.900 bits per heavy atom. The summed E-state index contributed by atoms with van der Waals surface area (Å²) >= 11 is 0. The van der Waals surface area contributed by atoms with Gasteiger partial charge in [-0.15, -0.1) is 0 Å². The van der Waals surface area contributed by atoms with E-state index in [2.05, 4.69) is 30.9 Å². The third-order valence-electron chi connectivity index (χ3n) is 16.3. The van der Waals surface area contributed by atoms with Crippen LogP contribution >= 0.6 is 0 Å². The third kappa shape index (κ3) is 7.22. The Morgan fingerprint density at radius 2 is 1.61 bits per heavy atom. The van der Waals surface area contributed by atoms with Crippen LogP contribution in [0.25, 0.3) is 11.8 Å². The third-order valence-corrected chi connectivity index (χ3v) is 16.3. The van der Waals surface area contributed by atoms with Gasteiger partial charge in [0.25, 0.3) is 0 Å². The zero-order valence-electron chi connectivity index (χ0n) is 42.2. The fourth-order valence-corrected chi connectivity index (χ4v) is 12.9. The fraction of sp³-hybridized carbons (Fsp3) is 0.509. The van der Waals surface area contributed by atoms with Gasteiger partial charge in [0.2, 0.25) is 5.91 Å². The first kappa shape index (κ1) is 47.7. The molecule has 5 heterocycles. The minimum atomic E-state index is -1.67. The van der Waals surface area contributed by atoms with Crippen molar-refractivity contribution in [1.82, 2.24) is 9.80 Å². The Hall–Kier alpha value is -5.92. The number of methoxy groups -OCH3 is 1. The fourth-order valence-electron chi connectivity index (χ4n) is 12.9. The van der Waals surface area contributed by atoms with E-state index in [4.69, 9.17) is 28.7 Å². The molecule has 9 aliphatic rings. The predicted molar refractivity (Wildman–Crippen MR) is 265 cm³/mol. The topological polar surface area (TPSA) is 150 Å². The summed E-state index contributed by atoms with van der Waals surface area (Å²) in [5, 5.41) is 0. The van der Waals surface area contributed by atoms with Crippen molar-refractivity contribution in [3.05, 3.63) is 98.7 Å². The molecule has 0 radical (unpaired) electrons. The lowest BCUT2D eigenvalue weighted by molar-refractivity contribution is -0.183. The molecule has 13 nitrogen and oxygen atoms in total. The molecule has 13 heteroatoms. The van der Waals surface area contributed by atoms with Gasteiger partial charge in [0, 0.05) is 84.6 Å². The van der Waals surface area contributed by atoms with Crippen LogP contribution in [-0.4, -0.2) is 108 Å². The van der Waals surface area contributed by atoms with Gasteiger partial charge in [-0.25, -0.2) is 4.79 Å². The van der Waals surface area contributed by atoms with E-state index in [1.165, 1.54) is 12.7 Å². The molecule has 4 bridgehead atoms. The summed E-state index contributed by atoms with van der Waals surface area (Å²) in [6.07, 6.45) is 11.9. The largest absolute Gasteiger partial charge is 0.482 e. The summed E-state index contributed by atoms with van der Waals surface area (Å²) < 4.78 is 34.2. The van der Waals surface area contributed by atoms with Crippen LogP contribution < -0.4 is 14.2 Å². The molecule has 5 fully saturated rings. The average Bonchev–Trinajstić information content (AvgIpc) is 3.68. The van der Waals surface area contributed by atoms with Gasteiger partial charge in [-0.1, -0.05) is 53.6 Å². The molecule has 1 amide bonds. The predicted octanol–water partition coefficient (Wildman–Crippen LogP) is 8.62. The number of rotatable bonds is 12. The lowest BCUT2D eigenvalue weighted by Gasteiger charge is -2.62. The smallest absolute Gasteiger partial charge is 0.333 e. The van der Waals surface area contributed by atoms with E-state index in [1.807, 2.05) is 78.1 Å². The summed E-state index contributed by atoms with van der Waals surface area (Å²) in [6.45, 7) is 18.5. The Morgan fingerprint density at radius 3 is 2.31 bits per heavy atom. The molecule has 1 spiro atoms. The molecule has 7 atom stereocenters. The first-order valence-corrected chi connectivity index (χ1v) is 25.0. The first-order chi connectivity index (χ1) is 33.3. The molecule has 4 aliphatic carbocycles. The van der Waals surface area contributed by atoms with Crippen molar-refractivity contribution in [2.24, 2.45) is 28.7 Å². The molecule has 5 aliphatic heterocycles. The summed E-state index contributed by atoms with van der Waals surface area (Å²) in [5.74, 6) is -3.07. The summed E-state index contributed by atoms with van der Waals surface area (Å²) in [6, 6.07) is 7.46. The number of ketones is 2. The average molecular weight is 952 g/mol. The maximum Gasteiger partial charge on any atom is 0.333 e. The van der Waals surface area contributed by atoms with E-state index in [0.29, 0.717) is 94.2 Å². The zero-order chi connectivity index (χ0) is 49.8. The number of amides is 1. The quantitative estimate of drug-likeness (QED) is 0.0871. The van der Waals surface area contributed by atoms with Crippen LogP contribution in [0.2, 0.25) is 0 Å². The van der Waals surface area contributed by atoms with E-state index in [9.17, 15) is 19.2 Å². The minimum Gasteiger partial charge on any atom is -0.482 e. The van der Waals surface area contributed by atoms with E-state index in [1.54, 1.807) is 17.9 Å². The van der Waals surface area contributed by atoms with Gasteiger partial charge in [-0.2, -0.15) is 0 Å². The van der Waals surface area contributed by atoms with Crippen molar-refractivity contribution in [1.29, 1.82) is 0 Å². The SMILES string of the molecule is COC(=O)C(C)=CCC12OC(C)(C)C3CC(C1=O)C1C4=C(N=C5c6ccccc6C(=O)C51)c1c(OC(=O)CCC(=O)N5CCN(C)CC5)c5c(c(CC=C(C)C)c1OC432)OC(C)(CCC=C(C)C)C=C5. The second kappa shape index (κ2) is 17.1. The molecule has 2 saturated heterocycles. The Kier molecular flexibility index (Phi) is 11.7. The lowest BCUT2D eigenvalue weighted by Crippen LogP contribution is -2.75. The number of esters is 2. The Labute approximate surface area is 410 Å². The highest BCUT2D eigenvalue weighted by Crippen LogP contribution is 2.74. The van der Waals surface area contributed by atoms with Crippen LogP contribution in [0.5, 0.6) is 17.2 Å². The molecule has 70 heavy (non-hydrogen) atoms. The van der Waals surface area contributed by atoms with Crippen molar-refractivity contribution in [3.8, 4) is 17.2 Å². The van der Waals surface area contributed by atoms with Crippen LogP contribution in [0.4, 0.5) is 0 Å². The second-order valence-corrected chi connectivity index (χ2v) is 21.9. The van der Waals surface area contributed by atoms with E-state index < -0.39 is 58.0 Å². The van der Waals surface area contributed by atoms with Crippen molar-refractivity contribution >= 4 is 46.9 Å². The van der Waals surface area contributed by atoms with Crippen molar-refractivity contribution < 1.29 is 47.7 Å². The number of carbonyl (C=O) groups excluding carboxylic acids is 5. The number of likely N-dealkylation sites (N-methyl/N-ethyl adjacent to an activating group) is 1. The lowest BCUT2D eigenvalue weighted by atomic mass is 9.43. The number of ether oxygens (including phenoxy) is 5. The number of hydrogen-bond donors (Lipinski definition) is 0. The monoisotopic (exact) mass is 951 g/mol. The Bertz CT molecular complexity index is 2850. The molecular weight excluding hydrogens is 887 g/mol.